The number of halogens is 1. The lowest BCUT2D eigenvalue weighted by Crippen LogP contribution is -2.44. The number of primary amides is 1. The maximum absolute atomic E-state index is 14.2. The van der Waals surface area contributed by atoms with Crippen molar-refractivity contribution in [1.29, 1.82) is 0 Å². The first-order valence-electron chi connectivity index (χ1n) is 4.38. The van der Waals surface area contributed by atoms with Crippen molar-refractivity contribution >= 4 is 23.5 Å². The molecule has 1 aliphatic heterocycles. The normalized spacial score (nSPS) is 21.9. The number of para-hydroxylation sites is 1. The van der Waals surface area contributed by atoms with E-state index < -0.39 is 10.7 Å². The molecule has 16 heavy (non-hydrogen) atoms. The Morgan fingerprint density at radius 2 is 2.12 bits per heavy atom. The molecule has 0 aromatic heterocycles. The summed E-state index contributed by atoms with van der Waals surface area (Å²) in [6, 6.07) is 4.97. The Kier molecular flexibility index (Phi) is 2.16. The van der Waals surface area contributed by atoms with E-state index in [1.54, 1.807) is 18.2 Å². The fourth-order valence-corrected chi connectivity index (χ4v) is 1.60. The average molecular weight is 220 g/mol. The van der Waals surface area contributed by atoms with Crippen LogP contribution >= 0.6 is 0 Å². The number of amides is 2. The predicted octanol–water partition coefficient (Wildman–Crippen LogP) is 1.60. The topological polar surface area (TPSA) is 72.5 Å². The average Bonchev–Trinajstić information content (AvgIpc) is 2.55. The van der Waals surface area contributed by atoms with Gasteiger partial charge in [-0.05, 0) is 6.07 Å². The van der Waals surface area contributed by atoms with Gasteiger partial charge in [0.1, 0.15) is 5.70 Å². The molecule has 0 spiro atoms. The third-order valence-electron chi connectivity index (χ3n) is 2.32. The van der Waals surface area contributed by atoms with E-state index in [-0.39, 0.29) is 11.4 Å². The number of hydrogen-bond acceptors (Lipinski definition) is 3. The Hall–Kier alpha value is -2.30. The second-order valence-corrected chi connectivity index (χ2v) is 3.21. The van der Waals surface area contributed by atoms with Gasteiger partial charge in [-0.3, -0.25) is 0 Å². The molecule has 0 saturated heterocycles. The summed E-state index contributed by atoms with van der Waals surface area (Å²) < 4.78 is 12.5. The van der Waals surface area contributed by atoms with Gasteiger partial charge in [-0.15, -0.1) is 0 Å². The molecule has 2 amide bonds. The van der Waals surface area contributed by atoms with Crippen LogP contribution in [0.1, 0.15) is 5.56 Å². The van der Waals surface area contributed by atoms with E-state index in [4.69, 9.17) is 5.73 Å². The Morgan fingerprint density at radius 1 is 1.44 bits per heavy atom. The molecule has 0 fully saturated rings. The highest BCUT2D eigenvalue weighted by Gasteiger charge is 2.46. The first kappa shape index (κ1) is 10.2. The minimum Gasteiger partial charge on any atom is -0.315 e. The molecule has 2 N–H and O–H groups in total. The van der Waals surface area contributed by atoms with Gasteiger partial charge in [0.2, 0.25) is 6.08 Å². The monoisotopic (exact) mass is 220 g/mol. The smallest absolute Gasteiger partial charge is 0.315 e. The summed E-state index contributed by atoms with van der Waals surface area (Å²) in [6.45, 7) is 0. The third-order valence-corrected chi connectivity index (χ3v) is 2.32. The number of benzene rings is 1. The molecule has 1 aromatic carbocycles. The van der Waals surface area contributed by atoms with Crippen molar-refractivity contribution in [3.63, 3.8) is 0 Å². The Bertz CT molecular complexity index is 549. The molecule has 2 rings (SSSR count). The summed E-state index contributed by atoms with van der Waals surface area (Å²) in [4.78, 5) is 24.6. The van der Waals surface area contributed by atoms with E-state index in [1.807, 2.05) is 0 Å². The van der Waals surface area contributed by atoms with Crippen molar-refractivity contribution in [2.24, 2.45) is 10.7 Å². The number of carbonyl (C=O) groups excluding carboxylic acids is 2. The number of isocyanates is 1. The lowest BCUT2D eigenvalue weighted by molar-refractivity contribution is 0.128. The molecule has 1 unspecified atom stereocenters. The second-order valence-electron chi connectivity index (χ2n) is 3.21. The van der Waals surface area contributed by atoms with Gasteiger partial charge in [-0.25, -0.2) is 9.59 Å². The number of rotatable bonds is 1. The first-order valence-corrected chi connectivity index (χ1v) is 4.38. The standard InChI is InChI=1S/C10H6FN3O2/c11-14(10(12)16)5-8(13-6-15)7-3-1-2-4-9(7)14/h1-5H,(H-,12,16)/p+1. The number of quaternary nitrogens is 1. The van der Waals surface area contributed by atoms with Crippen LogP contribution in [-0.2, 0) is 4.79 Å². The molecule has 1 aromatic rings. The fraction of sp³-hybridized carbons (Fsp3) is 0. The van der Waals surface area contributed by atoms with Crippen molar-refractivity contribution in [3.05, 3.63) is 36.0 Å². The van der Waals surface area contributed by atoms with Gasteiger partial charge in [-0.2, -0.15) is 4.99 Å². The van der Waals surface area contributed by atoms with Crippen LogP contribution in [0.25, 0.3) is 5.70 Å². The highest BCUT2D eigenvalue weighted by atomic mass is 19.2. The summed E-state index contributed by atoms with van der Waals surface area (Å²) in [7, 11) is 0. The van der Waals surface area contributed by atoms with E-state index in [9.17, 15) is 14.1 Å². The van der Waals surface area contributed by atoms with E-state index >= 15 is 0 Å². The van der Waals surface area contributed by atoms with Crippen molar-refractivity contribution in [2.75, 3.05) is 0 Å². The molecular formula is C10H7FN3O2+. The Balaban J connectivity index is 2.70. The molecule has 1 heterocycles. The number of urea groups is 1. The predicted molar refractivity (Wildman–Crippen MR) is 55.0 cm³/mol. The number of hydrogen-bond donors (Lipinski definition) is 1. The summed E-state index contributed by atoms with van der Waals surface area (Å²) in [6.07, 6.45) is 2.18. The molecule has 0 aliphatic carbocycles. The zero-order chi connectivity index (χ0) is 11.8. The van der Waals surface area contributed by atoms with Gasteiger partial charge in [0, 0.05) is 15.3 Å². The summed E-state index contributed by atoms with van der Waals surface area (Å²) in [5, 5.41) is 0. The summed E-state index contributed by atoms with van der Waals surface area (Å²) in [5.41, 5.74) is 5.43. The lowest BCUT2D eigenvalue weighted by Gasteiger charge is -2.12. The SMILES string of the molecule is NC(=O)[N+]1(F)C=C(N=C=O)c2ccccc21. The second kappa shape index (κ2) is 3.37. The van der Waals surface area contributed by atoms with E-state index in [1.165, 1.54) is 12.1 Å². The van der Waals surface area contributed by atoms with Crippen LogP contribution in [0.2, 0.25) is 0 Å². The molecule has 6 heteroatoms. The van der Waals surface area contributed by atoms with Crippen LogP contribution in [-0.4, -0.2) is 12.1 Å². The van der Waals surface area contributed by atoms with E-state index in [2.05, 4.69) is 4.99 Å². The van der Waals surface area contributed by atoms with Gasteiger partial charge < -0.3 is 5.73 Å². The van der Waals surface area contributed by atoms with Gasteiger partial charge in [-0.1, -0.05) is 12.1 Å². The first-order chi connectivity index (χ1) is 7.59. The maximum atomic E-state index is 14.2. The van der Waals surface area contributed by atoms with Crippen molar-refractivity contribution < 1.29 is 14.1 Å². The van der Waals surface area contributed by atoms with Crippen LogP contribution in [0.4, 0.5) is 15.0 Å². The Morgan fingerprint density at radius 3 is 2.75 bits per heavy atom. The largest absolute Gasteiger partial charge is 0.462 e. The minimum atomic E-state index is -1.68. The van der Waals surface area contributed by atoms with E-state index in [0.29, 0.717) is 5.56 Å². The zero-order valence-corrected chi connectivity index (χ0v) is 8.05. The minimum absolute atomic E-state index is 0.0454. The van der Waals surface area contributed by atoms with Crippen molar-refractivity contribution in [2.45, 2.75) is 0 Å². The van der Waals surface area contributed by atoms with Crippen LogP contribution in [0.3, 0.4) is 0 Å². The highest BCUT2D eigenvalue weighted by molar-refractivity contribution is 5.95. The van der Waals surface area contributed by atoms with E-state index in [0.717, 1.165) is 6.20 Å². The van der Waals surface area contributed by atoms with Gasteiger partial charge in [0.15, 0.2) is 11.9 Å². The molecular weight excluding hydrogens is 213 g/mol. The molecule has 1 aliphatic rings. The number of aliphatic imine (C=N–C) groups is 1. The third kappa shape index (κ3) is 1.25. The fourth-order valence-electron chi connectivity index (χ4n) is 1.60. The van der Waals surface area contributed by atoms with Crippen molar-refractivity contribution in [1.82, 2.24) is 4.71 Å². The summed E-state index contributed by atoms with van der Waals surface area (Å²) in [5.74, 6) is 0. The van der Waals surface area contributed by atoms with Gasteiger partial charge in [0.05, 0.1) is 5.56 Å². The van der Waals surface area contributed by atoms with Gasteiger partial charge in [0.25, 0.3) is 0 Å². The molecule has 5 nitrogen and oxygen atoms in total. The molecule has 80 valence electrons. The van der Waals surface area contributed by atoms with Crippen molar-refractivity contribution in [3.8, 4) is 0 Å². The zero-order valence-electron chi connectivity index (χ0n) is 8.05. The molecule has 0 saturated carbocycles. The van der Waals surface area contributed by atoms with Gasteiger partial charge >= 0.3 is 6.03 Å². The summed E-state index contributed by atoms with van der Waals surface area (Å²) >= 11 is 0. The highest BCUT2D eigenvalue weighted by Crippen LogP contribution is 2.41. The molecule has 1 atom stereocenters. The quantitative estimate of drug-likeness (QED) is 0.443. The Labute approximate surface area is 89.8 Å². The number of carbonyl (C=O) groups is 1. The van der Waals surface area contributed by atoms with Crippen LogP contribution in [0, 0.1) is 0 Å². The number of nitrogens with zero attached hydrogens (tertiary/aromatic N) is 2. The van der Waals surface area contributed by atoms with Crippen LogP contribution < -0.4 is 10.4 Å². The lowest BCUT2D eigenvalue weighted by atomic mass is 10.1. The number of nitrogens with two attached hydrogens (primary N) is 1. The van der Waals surface area contributed by atoms with Crippen LogP contribution in [0.15, 0.2) is 35.5 Å². The molecule has 0 radical (unpaired) electrons. The number of fused-ring (bicyclic) bond motifs is 1. The maximum Gasteiger partial charge on any atom is 0.462 e. The van der Waals surface area contributed by atoms with Crippen LogP contribution in [0.5, 0.6) is 0 Å². The molecule has 0 bridgehead atoms.